The van der Waals surface area contributed by atoms with E-state index in [0.29, 0.717) is 0 Å². The number of carbonyl (C=O) groups excluding carboxylic acids is 3. The molecule has 2 rings (SSSR count). The van der Waals surface area contributed by atoms with Crippen LogP contribution in [0.4, 0.5) is 0 Å². The van der Waals surface area contributed by atoms with Crippen molar-refractivity contribution in [1.82, 2.24) is 0 Å². The zero-order chi connectivity index (χ0) is 23.5. The van der Waals surface area contributed by atoms with E-state index in [1.807, 2.05) is 0 Å². The third kappa shape index (κ3) is 6.32. The molecular formula is C18H28O13. The number of rotatable bonds is 6. The fourth-order valence-corrected chi connectivity index (χ4v) is 3.25. The monoisotopic (exact) mass is 452 g/mol. The van der Waals surface area contributed by atoms with Crippen molar-refractivity contribution in [1.29, 1.82) is 0 Å². The summed E-state index contributed by atoms with van der Waals surface area (Å²) in [6, 6.07) is 0. The van der Waals surface area contributed by atoms with Gasteiger partial charge in [0.15, 0.2) is 18.5 Å². The van der Waals surface area contributed by atoms with Crippen molar-refractivity contribution in [3.8, 4) is 0 Å². The molecule has 0 bridgehead atoms. The van der Waals surface area contributed by atoms with Crippen LogP contribution in [0.1, 0.15) is 27.7 Å². The number of hydrogen-bond acceptors (Lipinski definition) is 13. The number of aliphatic hydroxyl groups is 4. The molecule has 4 N–H and O–H groups in total. The van der Waals surface area contributed by atoms with Crippen LogP contribution in [0, 0.1) is 0 Å². The maximum absolute atomic E-state index is 11.5. The summed E-state index contributed by atoms with van der Waals surface area (Å²) in [5, 5.41) is 40.8. The predicted molar refractivity (Wildman–Crippen MR) is 95.8 cm³/mol. The molecule has 1 unspecified atom stereocenters. The lowest BCUT2D eigenvalue weighted by Crippen LogP contribution is -2.65. The minimum atomic E-state index is -1.72. The molecule has 0 aromatic carbocycles. The van der Waals surface area contributed by atoms with Crippen molar-refractivity contribution < 1.29 is 63.2 Å². The van der Waals surface area contributed by atoms with Crippen molar-refractivity contribution in [2.75, 3.05) is 6.61 Å². The van der Waals surface area contributed by atoms with Crippen LogP contribution in [-0.2, 0) is 42.8 Å². The summed E-state index contributed by atoms with van der Waals surface area (Å²) in [5.74, 6) is -2.26. The molecule has 0 amide bonds. The van der Waals surface area contributed by atoms with Gasteiger partial charge < -0.3 is 48.8 Å². The van der Waals surface area contributed by atoms with Gasteiger partial charge >= 0.3 is 17.9 Å². The molecule has 2 fully saturated rings. The minimum absolute atomic E-state index is 0.431. The zero-order valence-electron chi connectivity index (χ0n) is 17.4. The average Bonchev–Trinajstić information content (AvgIpc) is 2.67. The Bertz CT molecular complexity index is 654. The van der Waals surface area contributed by atoms with E-state index in [0.717, 1.165) is 20.8 Å². The first-order valence-corrected chi connectivity index (χ1v) is 9.58. The second-order valence-electron chi connectivity index (χ2n) is 7.30. The Morgan fingerprint density at radius 2 is 1.35 bits per heavy atom. The van der Waals surface area contributed by atoms with E-state index in [-0.39, 0.29) is 0 Å². The van der Waals surface area contributed by atoms with Crippen molar-refractivity contribution in [2.45, 2.75) is 89.1 Å². The number of aliphatic hydroxyl groups excluding tert-OH is 4. The molecule has 2 aliphatic heterocycles. The van der Waals surface area contributed by atoms with Crippen LogP contribution >= 0.6 is 0 Å². The van der Waals surface area contributed by atoms with Crippen molar-refractivity contribution in [3.63, 3.8) is 0 Å². The van der Waals surface area contributed by atoms with Gasteiger partial charge in [-0.3, -0.25) is 14.4 Å². The molecule has 10 atom stereocenters. The first kappa shape index (κ1) is 25.4. The van der Waals surface area contributed by atoms with Crippen LogP contribution in [0.3, 0.4) is 0 Å². The molecular weight excluding hydrogens is 424 g/mol. The van der Waals surface area contributed by atoms with Crippen LogP contribution in [0.25, 0.3) is 0 Å². The van der Waals surface area contributed by atoms with Gasteiger partial charge in [-0.2, -0.15) is 0 Å². The predicted octanol–water partition coefficient (Wildman–Crippen LogP) is -2.66. The van der Waals surface area contributed by atoms with Crippen LogP contribution < -0.4 is 0 Å². The van der Waals surface area contributed by atoms with Gasteiger partial charge in [-0.05, 0) is 6.92 Å². The zero-order valence-corrected chi connectivity index (χ0v) is 17.4. The summed E-state index contributed by atoms with van der Waals surface area (Å²) in [6.07, 6.45) is -14.7. The molecule has 2 aliphatic rings. The summed E-state index contributed by atoms with van der Waals surface area (Å²) in [4.78, 5) is 34.2. The Balaban J connectivity index is 2.28. The van der Waals surface area contributed by atoms with E-state index >= 15 is 0 Å². The molecule has 2 saturated heterocycles. The lowest BCUT2D eigenvalue weighted by molar-refractivity contribution is -0.359. The number of carbonyl (C=O) groups is 3. The molecule has 0 radical (unpaired) electrons. The van der Waals surface area contributed by atoms with Crippen LogP contribution in [0.15, 0.2) is 0 Å². The van der Waals surface area contributed by atoms with Gasteiger partial charge in [0.2, 0.25) is 6.29 Å². The van der Waals surface area contributed by atoms with Crippen molar-refractivity contribution >= 4 is 17.9 Å². The fraction of sp³-hybridized carbons (Fsp3) is 0.833. The van der Waals surface area contributed by atoms with Gasteiger partial charge in [-0.15, -0.1) is 0 Å². The smallest absolute Gasteiger partial charge is 0.305 e. The number of esters is 3. The van der Waals surface area contributed by atoms with E-state index in [2.05, 4.69) is 0 Å². The third-order valence-corrected chi connectivity index (χ3v) is 4.75. The van der Waals surface area contributed by atoms with E-state index in [9.17, 15) is 34.8 Å². The summed E-state index contributed by atoms with van der Waals surface area (Å²) < 4.78 is 31.4. The standard InChI is InChI=1S/C18H28O13/c1-6-11(22)12(23)13(24)17(27-6)31-16-14(25)15(28-8(3)20)10(5-26-7(2)19)30-18(16)29-9(4)21/h6,10-18,22-25H,5H2,1-4H3/t6-,10-,11-,12+,13-,14+,15-,16-,17?,18-/m1/s1. The Labute approximate surface area is 177 Å². The largest absolute Gasteiger partial charge is 0.463 e. The summed E-state index contributed by atoms with van der Waals surface area (Å²) >= 11 is 0. The highest BCUT2D eigenvalue weighted by molar-refractivity contribution is 5.67. The van der Waals surface area contributed by atoms with Crippen LogP contribution in [0.5, 0.6) is 0 Å². The van der Waals surface area contributed by atoms with Crippen molar-refractivity contribution in [3.05, 3.63) is 0 Å². The molecule has 178 valence electrons. The number of ether oxygens (including phenoxy) is 6. The van der Waals surface area contributed by atoms with Gasteiger partial charge in [0.25, 0.3) is 0 Å². The van der Waals surface area contributed by atoms with Crippen LogP contribution in [0.2, 0.25) is 0 Å². The molecule has 0 saturated carbocycles. The highest BCUT2D eigenvalue weighted by Gasteiger charge is 2.53. The van der Waals surface area contributed by atoms with Gasteiger partial charge in [0.1, 0.15) is 37.1 Å². The highest BCUT2D eigenvalue weighted by Crippen LogP contribution is 2.31. The highest BCUT2D eigenvalue weighted by atomic mass is 16.8. The van der Waals surface area contributed by atoms with E-state index in [4.69, 9.17) is 28.4 Å². The first-order chi connectivity index (χ1) is 14.4. The molecule has 31 heavy (non-hydrogen) atoms. The first-order valence-electron chi connectivity index (χ1n) is 9.58. The molecule has 0 aromatic rings. The maximum atomic E-state index is 11.5. The fourth-order valence-electron chi connectivity index (χ4n) is 3.25. The second-order valence-corrected chi connectivity index (χ2v) is 7.30. The van der Waals surface area contributed by atoms with E-state index < -0.39 is 85.9 Å². The Morgan fingerprint density at radius 3 is 1.90 bits per heavy atom. The van der Waals surface area contributed by atoms with Crippen molar-refractivity contribution in [2.24, 2.45) is 0 Å². The number of hydrogen-bond donors (Lipinski definition) is 4. The topological polar surface area (TPSA) is 188 Å². The molecule has 13 nitrogen and oxygen atoms in total. The van der Waals surface area contributed by atoms with Gasteiger partial charge in [-0.25, -0.2) is 0 Å². The Hall–Kier alpha value is -1.87. The minimum Gasteiger partial charge on any atom is -0.463 e. The molecule has 13 heteroatoms. The SMILES string of the molecule is CC(=O)OC[C@H]1O[C@@H](OC(C)=O)[C@H](OC2O[C@H](C)[C@@H](O)[C@H](O)[C@H]2O)[C@@H](O)[C@@H]1OC(C)=O. The molecule has 0 aliphatic carbocycles. The molecule has 0 aromatic heterocycles. The lowest BCUT2D eigenvalue weighted by Gasteiger charge is -2.46. The van der Waals surface area contributed by atoms with Gasteiger partial charge in [0.05, 0.1) is 6.10 Å². The molecule has 0 spiro atoms. The normalized spacial score (nSPS) is 40.6. The molecule has 2 heterocycles. The summed E-state index contributed by atoms with van der Waals surface area (Å²) in [6.45, 7) is 4.28. The quantitative estimate of drug-likeness (QED) is 0.242. The second kappa shape index (κ2) is 10.6. The van der Waals surface area contributed by atoms with E-state index in [1.165, 1.54) is 6.92 Å². The third-order valence-electron chi connectivity index (χ3n) is 4.75. The maximum Gasteiger partial charge on any atom is 0.305 e. The summed E-state index contributed by atoms with van der Waals surface area (Å²) in [5.41, 5.74) is 0. The van der Waals surface area contributed by atoms with E-state index in [1.54, 1.807) is 0 Å². The van der Waals surface area contributed by atoms with Gasteiger partial charge in [-0.1, -0.05) is 0 Å². The Kier molecular flexibility index (Phi) is 8.71. The van der Waals surface area contributed by atoms with Crippen LogP contribution in [-0.4, -0.2) is 106 Å². The Morgan fingerprint density at radius 1 is 0.742 bits per heavy atom. The average molecular weight is 452 g/mol. The summed E-state index contributed by atoms with van der Waals surface area (Å²) in [7, 11) is 0. The van der Waals surface area contributed by atoms with Gasteiger partial charge in [0, 0.05) is 20.8 Å². The lowest BCUT2D eigenvalue weighted by atomic mass is 9.97.